The van der Waals surface area contributed by atoms with Crippen LogP contribution in [0.1, 0.15) is 26.5 Å². The van der Waals surface area contributed by atoms with E-state index in [2.05, 4.69) is 11.1 Å². The first-order chi connectivity index (χ1) is 18.7. The second-order valence-electron chi connectivity index (χ2n) is 9.03. The third-order valence-electron chi connectivity index (χ3n) is 6.31. The number of aromatic carboxylic acids is 1. The summed E-state index contributed by atoms with van der Waals surface area (Å²) in [5, 5.41) is 9.92. The molecule has 5 aromatic rings. The van der Waals surface area contributed by atoms with Crippen molar-refractivity contribution in [2.75, 3.05) is 7.11 Å². The average Bonchev–Trinajstić information content (AvgIpc) is 3.35. The van der Waals surface area contributed by atoms with Gasteiger partial charge in [-0.15, -0.1) is 0 Å². The van der Waals surface area contributed by atoms with Gasteiger partial charge in [0.1, 0.15) is 32.4 Å². The van der Waals surface area contributed by atoms with E-state index >= 15 is 0 Å². The van der Waals surface area contributed by atoms with Crippen molar-refractivity contribution < 1.29 is 23.1 Å². The summed E-state index contributed by atoms with van der Waals surface area (Å²) >= 11 is 1.07. The second-order valence-corrected chi connectivity index (χ2v) is 12.1. The number of pyridine rings is 1. The highest BCUT2D eigenvalue weighted by atomic mass is 32.2. The molecule has 10 heteroatoms. The summed E-state index contributed by atoms with van der Waals surface area (Å²) in [6, 6.07) is 21.8. The van der Waals surface area contributed by atoms with Crippen LogP contribution >= 0.6 is 11.3 Å². The van der Waals surface area contributed by atoms with Gasteiger partial charge in [-0.3, -0.25) is 4.79 Å². The van der Waals surface area contributed by atoms with Gasteiger partial charge < -0.3 is 14.4 Å². The Morgan fingerprint density at radius 3 is 2.44 bits per heavy atom. The molecule has 0 aliphatic heterocycles. The Bertz CT molecular complexity index is 1860. The van der Waals surface area contributed by atoms with Crippen LogP contribution in [0, 0.1) is 6.92 Å². The maximum absolute atomic E-state index is 13.1. The van der Waals surface area contributed by atoms with Gasteiger partial charge in [0, 0.05) is 12.7 Å². The van der Waals surface area contributed by atoms with Crippen molar-refractivity contribution in [1.82, 2.24) is 9.55 Å². The summed E-state index contributed by atoms with van der Waals surface area (Å²) in [6.45, 7) is 2.25. The fourth-order valence-electron chi connectivity index (χ4n) is 4.36. The summed E-state index contributed by atoms with van der Waals surface area (Å²) < 4.78 is 33.0. The Balaban J connectivity index is 1.60. The monoisotopic (exact) mass is 560 g/mol. The zero-order chi connectivity index (χ0) is 27.7. The van der Waals surface area contributed by atoms with Crippen LogP contribution in [0.2, 0.25) is 0 Å². The number of methoxy groups -OCH3 is 1. The number of nitrogens with zero attached hydrogens (tertiary/aromatic N) is 2. The van der Waals surface area contributed by atoms with Crippen LogP contribution in [-0.4, -0.2) is 36.2 Å². The van der Waals surface area contributed by atoms with Gasteiger partial charge in [-0.2, -0.15) is 0 Å². The lowest BCUT2D eigenvalue weighted by atomic mass is 9.97. The van der Waals surface area contributed by atoms with Gasteiger partial charge in [0.2, 0.25) is 5.43 Å². The number of carbonyl (C=O) groups is 1. The standard InChI is InChI=1S/C29H24N2O6S2/c1-18-8-9-20(23(14-18)19-6-4-3-5-7-19)15-31-16-24(29(33)34)27(32)26-28(31)38-25(30-26)17-39(35,36)22-12-10-21(37-2)11-13-22/h3-14,16H,15,17H2,1-2H3,(H,33,34). The molecule has 1 N–H and O–H groups in total. The number of aromatic nitrogens is 2. The van der Waals surface area contributed by atoms with Crippen LogP contribution < -0.4 is 10.2 Å². The Morgan fingerprint density at radius 1 is 1.05 bits per heavy atom. The molecule has 198 valence electrons. The Kier molecular flexibility index (Phi) is 7.07. The van der Waals surface area contributed by atoms with Crippen LogP contribution in [0.4, 0.5) is 0 Å². The van der Waals surface area contributed by atoms with E-state index in [1.165, 1.54) is 25.4 Å². The fourth-order valence-corrected chi connectivity index (χ4v) is 6.99. The minimum absolute atomic E-state index is 0.0618. The van der Waals surface area contributed by atoms with Crippen molar-refractivity contribution in [1.29, 1.82) is 0 Å². The number of sulfone groups is 1. The predicted molar refractivity (Wildman–Crippen MR) is 150 cm³/mol. The van der Waals surface area contributed by atoms with E-state index < -0.39 is 32.6 Å². The third-order valence-corrected chi connectivity index (χ3v) is 9.23. The molecule has 0 fully saturated rings. The molecular weight excluding hydrogens is 536 g/mol. The molecule has 0 unspecified atom stereocenters. The van der Waals surface area contributed by atoms with Gasteiger partial charge >= 0.3 is 5.97 Å². The minimum Gasteiger partial charge on any atom is -0.497 e. The largest absolute Gasteiger partial charge is 0.497 e. The van der Waals surface area contributed by atoms with Crippen molar-refractivity contribution in [2.45, 2.75) is 24.1 Å². The lowest BCUT2D eigenvalue weighted by Gasteiger charge is -2.14. The maximum Gasteiger partial charge on any atom is 0.341 e. The first-order valence-corrected chi connectivity index (χ1v) is 14.4. The van der Waals surface area contributed by atoms with E-state index in [0.717, 1.165) is 33.6 Å². The van der Waals surface area contributed by atoms with Gasteiger partial charge in [0.05, 0.1) is 12.0 Å². The molecule has 39 heavy (non-hydrogen) atoms. The maximum atomic E-state index is 13.1. The van der Waals surface area contributed by atoms with Crippen LogP contribution in [0.3, 0.4) is 0 Å². The highest BCUT2D eigenvalue weighted by Crippen LogP contribution is 2.29. The third kappa shape index (κ3) is 5.34. The first kappa shape index (κ1) is 26.3. The molecule has 5 rings (SSSR count). The van der Waals surface area contributed by atoms with Crippen molar-refractivity contribution in [3.05, 3.63) is 111 Å². The van der Waals surface area contributed by atoms with E-state index in [0.29, 0.717) is 10.6 Å². The molecule has 3 aromatic carbocycles. The summed E-state index contributed by atoms with van der Waals surface area (Å²) in [6.07, 6.45) is 1.31. The molecular formula is C29H24N2O6S2. The Morgan fingerprint density at radius 2 is 1.77 bits per heavy atom. The summed E-state index contributed by atoms with van der Waals surface area (Å²) in [5.74, 6) is -1.28. The van der Waals surface area contributed by atoms with Gasteiger partial charge in [0.25, 0.3) is 0 Å². The molecule has 0 amide bonds. The van der Waals surface area contributed by atoms with E-state index in [1.807, 2.05) is 49.4 Å². The number of aryl methyl sites for hydroxylation is 1. The van der Waals surface area contributed by atoms with E-state index in [-0.39, 0.29) is 22.0 Å². The number of carboxylic acid groups (broad SMARTS) is 1. The van der Waals surface area contributed by atoms with Crippen LogP contribution in [-0.2, 0) is 22.1 Å². The molecule has 8 nitrogen and oxygen atoms in total. The van der Waals surface area contributed by atoms with Crippen molar-refractivity contribution >= 4 is 37.5 Å². The highest BCUT2D eigenvalue weighted by molar-refractivity contribution is 7.90. The number of ether oxygens (including phenoxy) is 1. The number of carboxylic acids is 1. The minimum atomic E-state index is -3.78. The van der Waals surface area contributed by atoms with E-state index in [9.17, 15) is 23.1 Å². The quantitative estimate of drug-likeness (QED) is 0.279. The molecule has 0 saturated carbocycles. The number of hydrogen-bond acceptors (Lipinski definition) is 7. The summed E-state index contributed by atoms with van der Waals surface area (Å²) in [7, 11) is -2.29. The lowest BCUT2D eigenvalue weighted by molar-refractivity contribution is 0.0694. The van der Waals surface area contributed by atoms with Crippen LogP contribution in [0.5, 0.6) is 5.75 Å². The first-order valence-electron chi connectivity index (χ1n) is 11.9. The molecule has 0 saturated heterocycles. The molecule has 0 aliphatic carbocycles. The molecule has 0 atom stereocenters. The summed E-state index contributed by atoms with van der Waals surface area (Å²) in [4.78, 5) is 29.8. The van der Waals surface area contributed by atoms with Crippen molar-refractivity contribution in [3.8, 4) is 16.9 Å². The van der Waals surface area contributed by atoms with E-state index in [1.54, 1.807) is 16.7 Å². The fraction of sp³-hybridized carbons (Fsp3) is 0.138. The molecule has 0 radical (unpaired) electrons. The second kappa shape index (κ2) is 10.5. The van der Waals surface area contributed by atoms with E-state index in [4.69, 9.17) is 4.74 Å². The normalized spacial score (nSPS) is 11.5. The zero-order valence-electron chi connectivity index (χ0n) is 21.1. The molecule has 0 spiro atoms. The SMILES string of the molecule is COc1ccc(S(=O)(=O)Cc2nc3c(=O)c(C(=O)O)cn(Cc4ccc(C)cc4-c4ccccc4)c3s2)cc1. The molecule has 2 aromatic heterocycles. The number of thiazole rings is 1. The summed E-state index contributed by atoms with van der Waals surface area (Å²) in [5.41, 5.74) is 2.73. The van der Waals surface area contributed by atoms with Crippen molar-refractivity contribution in [3.63, 3.8) is 0 Å². The predicted octanol–water partition coefficient (Wildman–Crippen LogP) is 5.16. The van der Waals surface area contributed by atoms with Gasteiger partial charge in [-0.05, 0) is 47.9 Å². The molecule has 2 heterocycles. The lowest BCUT2D eigenvalue weighted by Crippen LogP contribution is -2.19. The van der Waals surface area contributed by atoms with Gasteiger partial charge in [-0.1, -0.05) is 65.4 Å². The Hall–Kier alpha value is -4.28. The topological polar surface area (TPSA) is 116 Å². The molecule has 0 aliphatic rings. The number of hydrogen-bond donors (Lipinski definition) is 1. The van der Waals surface area contributed by atoms with Gasteiger partial charge in [-0.25, -0.2) is 18.2 Å². The number of rotatable bonds is 8. The average molecular weight is 561 g/mol. The molecule has 0 bridgehead atoms. The van der Waals surface area contributed by atoms with Gasteiger partial charge in [0.15, 0.2) is 9.84 Å². The Labute approximate surface area is 228 Å². The smallest absolute Gasteiger partial charge is 0.341 e. The van der Waals surface area contributed by atoms with Crippen molar-refractivity contribution in [2.24, 2.45) is 0 Å². The van der Waals surface area contributed by atoms with Crippen LogP contribution in [0.25, 0.3) is 21.5 Å². The number of fused-ring (bicyclic) bond motifs is 1. The highest BCUT2D eigenvalue weighted by Gasteiger charge is 2.23. The zero-order valence-corrected chi connectivity index (χ0v) is 22.8. The number of benzene rings is 3. The van der Waals surface area contributed by atoms with Crippen LogP contribution in [0.15, 0.2) is 88.7 Å².